The van der Waals surface area contributed by atoms with Crippen LogP contribution in [0.5, 0.6) is 0 Å². The Kier molecular flexibility index (Phi) is 9.46. The first-order chi connectivity index (χ1) is 19.4. The van der Waals surface area contributed by atoms with Crippen LogP contribution in [0, 0.1) is 0 Å². The molecule has 8 nitrogen and oxygen atoms in total. The minimum Gasteiger partial charge on any atom is -0.447 e. The van der Waals surface area contributed by atoms with Crippen LogP contribution in [0.15, 0.2) is 43.1 Å². The number of carbonyl (C=O) groups excluding carboxylic acids is 1. The molecule has 1 fully saturated rings. The van der Waals surface area contributed by atoms with Gasteiger partial charge in [0.1, 0.15) is 0 Å². The topological polar surface area (TPSA) is 76.4 Å². The van der Waals surface area contributed by atoms with Crippen LogP contribution in [-0.2, 0) is 24.5 Å². The van der Waals surface area contributed by atoms with Crippen LogP contribution >= 0.6 is 11.6 Å². The lowest BCUT2D eigenvalue weighted by molar-refractivity contribution is -0.137. The number of piperidine rings is 1. The molecule has 41 heavy (non-hydrogen) atoms. The molecule has 0 spiro atoms. The number of nitrogens with zero attached hydrogens (tertiary/aromatic N) is 6. The number of hydrogen-bond donors (Lipinski definition) is 0. The van der Waals surface area contributed by atoms with E-state index >= 15 is 0 Å². The van der Waals surface area contributed by atoms with Crippen molar-refractivity contribution >= 4 is 23.6 Å². The highest BCUT2D eigenvalue weighted by molar-refractivity contribution is 6.30. The molecule has 0 radical (unpaired) electrons. The summed E-state index contributed by atoms with van der Waals surface area (Å²) in [6.45, 7) is 7.79. The molecule has 222 valence electrons. The predicted molar refractivity (Wildman–Crippen MR) is 152 cm³/mol. The Labute approximate surface area is 243 Å². The molecule has 1 amide bonds. The normalized spacial score (nSPS) is 19.5. The monoisotopic (exact) mass is 592 g/mol. The summed E-state index contributed by atoms with van der Waals surface area (Å²) in [5, 5.41) is 0.00590. The first-order valence-electron chi connectivity index (χ1n) is 13.8. The van der Waals surface area contributed by atoms with Crippen molar-refractivity contribution in [3.63, 3.8) is 0 Å². The van der Waals surface area contributed by atoms with Gasteiger partial charge in [0.15, 0.2) is 0 Å². The van der Waals surface area contributed by atoms with Crippen LogP contribution in [-0.4, -0.2) is 54.7 Å². The molecule has 1 unspecified atom stereocenters. The van der Waals surface area contributed by atoms with Crippen molar-refractivity contribution in [3.8, 4) is 11.3 Å². The van der Waals surface area contributed by atoms with Crippen molar-refractivity contribution in [1.82, 2.24) is 24.4 Å². The number of anilines is 1. The summed E-state index contributed by atoms with van der Waals surface area (Å²) in [5.41, 5.74) is 1.19. The van der Waals surface area contributed by atoms with Crippen LogP contribution in [0.2, 0.25) is 5.02 Å². The number of aryl methyl sites for hydroxylation is 1. The largest absolute Gasteiger partial charge is 0.447 e. The number of amides is 1. The molecule has 1 aliphatic heterocycles. The van der Waals surface area contributed by atoms with Crippen LogP contribution < -0.4 is 4.90 Å². The van der Waals surface area contributed by atoms with E-state index in [0.29, 0.717) is 37.2 Å². The molecule has 3 heterocycles. The van der Waals surface area contributed by atoms with Gasteiger partial charge in [-0.1, -0.05) is 25.4 Å². The fourth-order valence-corrected chi connectivity index (χ4v) is 5.75. The van der Waals surface area contributed by atoms with E-state index in [2.05, 4.69) is 15.0 Å². The number of rotatable bonds is 8. The number of alkyl halides is 3. The molecule has 3 atom stereocenters. The Morgan fingerprint density at radius 2 is 1.73 bits per heavy atom. The van der Waals surface area contributed by atoms with E-state index in [1.54, 1.807) is 24.9 Å². The second-order valence-electron chi connectivity index (χ2n) is 10.7. The zero-order valence-electron chi connectivity index (χ0n) is 23.9. The molecule has 4 rings (SSSR count). The van der Waals surface area contributed by atoms with E-state index in [4.69, 9.17) is 16.3 Å². The molecule has 0 aliphatic carbocycles. The van der Waals surface area contributed by atoms with Crippen molar-refractivity contribution < 1.29 is 22.7 Å². The standard InChI is InChI=1S/C29H36ClF3N6O2/c1-6-23-11-25(12-24(7-2)39(23)28(40)41-18(3)4)38(16-19-8-21(29(31,32)33)10-22(30)9-19)27-35-13-20(14-36-27)26-15-34-17-37(26)5/h8-10,13-15,17-18,23-25H,6-7,11-12,16H2,1-5H3/t23-,24+,25?. The SMILES string of the molecule is CC[C@@H]1CC(N(Cc2cc(Cl)cc(C(F)(F)F)c2)c2ncc(-c3cncn3C)cn2)C[C@H](CC)N1C(=O)OC(C)C. The Hall–Kier alpha value is -3.34. The van der Waals surface area contributed by atoms with Gasteiger partial charge in [-0.2, -0.15) is 13.2 Å². The first-order valence-corrected chi connectivity index (χ1v) is 14.2. The van der Waals surface area contributed by atoms with Gasteiger partial charge in [0.05, 0.1) is 29.9 Å². The third-order valence-electron chi connectivity index (χ3n) is 7.45. The van der Waals surface area contributed by atoms with Crippen molar-refractivity contribution in [2.75, 3.05) is 4.90 Å². The molecule has 0 N–H and O–H groups in total. The highest BCUT2D eigenvalue weighted by Gasteiger charge is 2.41. The number of imidazole rings is 1. The van der Waals surface area contributed by atoms with Gasteiger partial charge in [-0.25, -0.2) is 19.7 Å². The summed E-state index contributed by atoms with van der Waals surface area (Å²) in [6, 6.07) is 3.19. The van der Waals surface area contributed by atoms with Gasteiger partial charge in [0, 0.05) is 54.7 Å². The lowest BCUT2D eigenvalue weighted by atomic mass is 9.87. The van der Waals surface area contributed by atoms with Crippen molar-refractivity contribution in [1.29, 1.82) is 0 Å². The van der Waals surface area contributed by atoms with Crippen LogP contribution in [0.3, 0.4) is 0 Å². The molecule has 1 aromatic carbocycles. The average molecular weight is 593 g/mol. The molecular weight excluding hydrogens is 557 g/mol. The number of ether oxygens (including phenoxy) is 1. The summed E-state index contributed by atoms with van der Waals surface area (Å²) in [7, 11) is 1.87. The van der Waals surface area contributed by atoms with E-state index in [1.807, 2.05) is 49.1 Å². The van der Waals surface area contributed by atoms with Crippen molar-refractivity contribution in [2.24, 2.45) is 7.05 Å². The maximum absolute atomic E-state index is 13.6. The number of hydrogen-bond acceptors (Lipinski definition) is 6. The minimum atomic E-state index is -4.53. The zero-order chi connectivity index (χ0) is 29.9. The van der Waals surface area contributed by atoms with Gasteiger partial charge in [-0.15, -0.1) is 0 Å². The van der Waals surface area contributed by atoms with Gasteiger partial charge < -0.3 is 19.1 Å². The molecule has 12 heteroatoms. The Morgan fingerprint density at radius 3 is 2.24 bits per heavy atom. The molecule has 1 saturated heterocycles. The number of likely N-dealkylation sites (tertiary alicyclic amines) is 1. The smallest absolute Gasteiger partial charge is 0.416 e. The quantitative estimate of drug-likeness (QED) is 0.277. The summed E-state index contributed by atoms with van der Waals surface area (Å²) in [6.07, 6.45) is 4.21. The van der Waals surface area contributed by atoms with Crippen LogP contribution in [0.25, 0.3) is 11.3 Å². The van der Waals surface area contributed by atoms with E-state index in [-0.39, 0.29) is 41.9 Å². The predicted octanol–water partition coefficient (Wildman–Crippen LogP) is 7.12. The molecule has 0 saturated carbocycles. The van der Waals surface area contributed by atoms with Crippen LogP contribution in [0.1, 0.15) is 64.5 Å². The number of carbonyl (C=O) groups is 1. The van der Waals surface area contributed by atoms with Crippen LogP contribution in [0.4, 0.5) is 23.9 Å². The van der Waals surface area contributed by atoms with Gasteiger partial charge in [0.25, 0.3) is 0 Å². The summed E-state index contributed by atoms with van der Waals surface area (Å²) in [5.74, 6) is 0.386. The van der Waals surface area contributed by atoms with E-state index < -0.39 is 11.7 Å². The fraction of sp³-hybridized carbons (Fsp3) is 0.517. The van der Waals surface area contributed by atoms with Gasteiger partial charge in [0.2, 0.25) is 5.95 Å². The summed E-state index contributed by atoms with van der Waals surface area (Å²) >= 11 is 6.13. The number of benzene rings is 1. The van der Waals surface area contributed by atoms with E-state index in [9.17, 15) is 18.0 Å². The number of halogens is 4. The third kappa shape index (κ3) is 7.12. The average Bonchev–Trinajstić information content (AvgIpc) is 3.35. The molecule has 1 aliphatic rings. The van der Waals surface area contributed by atoms with Crippen molar-refractivity contribution in [2.45, 2.75) is 90.3 Å². The third-order valence-corrected chi connectivity index (χ3v) is 7.67. The molecule has 3 aromatic rings. The molecule has 2 aromatic heterocycles. The molecular formula is C29H36ClF3N6O2. The second kappa shape index (κ2) is 12.7. The van der Waals surface area contributed by atoms with E-state index in [0.717, 1.165) is 23.4 Å². The highest BCUT2D eigenvalue weighted by Crippen LogP contribution is 2.36. The second-order valence-corrected chi connectivity index (χ2v) is 11.2. The Balaban J connectivity index is 1.72. The van der Waals surface area contributed by atoms with Gasteiger partial charge in [-0.05, 0) is 63.3 Å². The Bertz CT molecular complexity index is 1320. The van der Waals surface area contributed by atoms with E-state index in [1.165, 1.54) is 6.07 Å². The first kappa shape index (κ1) is 30.6. The number of aromatic nitrogens is 4. The Morgan fingerprint density at radius 1 is 1.10 bits per heavy atom. The molecule has 0 bridgehead atoms. The lowest BCUT2D eigenvalue weighted by Crippen LogP contribution is -2.57. The minimum absolute atomic E-state index is 0.00590. The maximum atomic E-state index is 13.6. The maximum Gasteiger partial charge on any atom is 0.416 e. The zero-order valence-corrected chi connectivity index (χ0v) is 24.7. The van der Waals surface area contributed by atoms with Gasteiger partial charge >= 0.3 is 12.3 Å². The van der Waals surface area contributed by atoms with Crippen molar-refractivity contribution in [3.05, 3.63) is 59.3 Å². The summed E-state index contributed by atoms with van der Waals surface area (Å²) < 4.78 is 48.3. The fourth-order valence-electron chi connectivity index (χ4n) is 5.49. The van der Waals surface area contributed by atoms with Gasteiger partial charge in [-0.3, -0.25) is 0 Å². The summed E-state index contributed by atoms with van der Waals surface area (Å²) in [4.78, 5) is 30.3. The lowest BCUT2D eigenvalue weighted by Gasteiger charge is -2.47. The highest BCUT2D eigenvalue weighted by atomic mass is 35.5.